The smallest absolute Gasteiger partial charge is 0.127 e. The highest BCUT2D eigenvalue weighted by molar-refractivity contribution is 7.84. The molecule has 0 spiro atoms. The molecule has 0 aliphatic rings. The number of rotatable bonds is 5. The zero-order chi connectivity index (χ0) is 14.9. The van der Waals surface area contributed by atoms with Crippen molar-refractivity contribution in [2.45, 2.75) is 31.0 Å². The molecule has 110 valence electrons. The maximum atomic E-state index is 11.6. The van der Waals surface area contributed by atoms with Gasteiger partial charge in [-0.2, -0.15) is 0 Å². The summed E-state index contributed by atoms with van der Waals surface area (Å²) in [5.41, 5.74) is 1.84. The maximum absolute atomic E-state index is 11.6. The summed E-state index contributed by atoms with van der Waals surface area (Å²) in [4.78, 5) is 4.59. The molecular formula is C14H19ClN2O2S. The predicted molar refractivity (Wildman–Crippen MR) is 84.1 cm³/mol. The topological polar surface area (TPSA) is 44.1 Å². The van der Waals surface area contributed by atoms with Crippen LogP contribution in [0.25, 0.3) is 11.0 Å². The zero-order valence-corrected chi connectivity index (χ0v) is 13.7. The van der Waals surface area contributed by atoms with Crippen LogP contribution in [0.1, 0.15) is 25.0 Å². The van der Waals surface area contributed by atoms with E-state index in [9.17, 15) is 4.21 Å². The van der Waals surface area contributed by atoms with Gasteiger partial charge >= 0.3 is 0 Å². The molecule has 20 heavy (non-hydrogen) atoms. The Bertz CT molecular complexity index is 639. The molecular weight excluding hydrogens is 296 g/mol. The van der Waals surface area contributed by atoms with E-state index >= 15 is 0 Å². The van der Waals surface area contributed by atoms with E-state index in [1.54, 1.807) is 13.4 Å². The van der Waals surface area contributed by atoms with Crippen molar-refractivity contribution in [2.24, 2.45) is 0 Å². The van der Waals surface area contributed by atoms with Crippen molar-refractivity contribution < 1.29 is 8.95 Å². The third kappa shape index (κ3) is 2.99. The van der Waals surface area contributed by atoms with Crippen molar-refractivity contribution in [3.05, 3.63) is 24.0 Å². The third-order valence-electron chi connectivity index (χ3n) is 3.35. The van der Waals surface area contributed by atoms with Crippen LogP contribution in [-0.2, 0) is 17.3 Å². The third-order valence-corrected chi connectivity index (χ3v) is 4.82. The second-order valence-electron chi connectivity index (χ2n) is 4.86. The van der Waals surface area contributed by atoms with Crippen molar-refractivity contribution in [1.29, 1.82) is 0 Å². The van der Waals surface area contributed by atoms with Gasteiger partial charge in [-0.25, -0.2) is 4.98 Å². The lowest BCUT2D eigenvalue weighted by Gasteiger charge is -2.14. The molecule has 6 heteroatoms. The van der Waals surface area contributed by atoms with Crippen molar-refractivity contribution in [2.75, 3.05) is 13.4 Å². The van der Waals surface area contributed by atoms with E-state index in [-0.39, 0.29) is 10.6 Å². The minimum atomic E-state index is -0.882. The summed E-state index contributed by atoms with van der Waals surface area (Å²) >= 11 is 6.23. The molecule has 0 saturated heterocycles. The fourth-order valence-corrected chi connectivity index (χ4v) is 2.64. The van der Waals surface area contributed by atoms with Crippen molar-refractivity contribution in [1.82, 2.24) is 9.55 Å². The van der Waals surface area contributed by atoms with Gasteiger partial charge in [0, 0.05) is 34.9 Å². The first-order valence-electron chi connectivity index (χ1n) is 6.44. The second kappa shape index (κ2) is 6.14. The number of hydrogen-bond donors (Lipinski definition) is 0. The lowest BCUT2D eigenvalue weighted by molar-refractivity contribution is 0.415. The van der Waals surface area contributed by atoms with E-state index in [0.29, 0.717) is 6.54 Å². The molecule has 0 aliphatic carbocycles. The molecule has 0 amide bonds. The summed E-state index contributed by atoms with van der Waals surface area (Å²) in [6, 6.07) is 5.76. The van der Waals surface area contributed by atoms with Crippen molar-refractivity contribution in [3.63, 3.8) is 0 Å². The number of ether oxygens (including phenoxy) is 1. The standard InChI is InChI=1S/C14H19ClN2O2S/c1-9(20(4)18)8-17-13-6-5-11(19-3)7-12(13)16-14(17)10(2)15/h5-7,9-10H,8H2,1-4H3. The average Bonchev–Trinajstić information content (AvgIpc) is 2.76. The molecule has 3 unspecified atom stereocenters. The predicted octanol–water partition coefficient (Wildman–Crippen LogP) is 3.11. The SMILES string of the molecule is COc1ccc2c(c1)nc(C(C)Cl)n2CC(C)S(C)=O. The van der Waals surface area contributed by atoms with E-state index < -0.39 is 10.8 Å². The largest absolute Gasteiger partial charge is 0.497 e. The number of hydrogen-bond acceptors (Lipinski definition) is 3. The van der Waals surface area contributed by atoms with Crippen LogP contribution in [0.5, 0.6) is 5.75 Å². The van der Waals surface area contributed by atoms with Crippen LogP contribution >= 0.6 is 11.6 Å². The number of nitrogens with zero attached hydrogens (tertiary/aromatic N) is 2. The molecule has 0 aliphatic heterocycles. The van der Waals surface area contributed by atoms with Crippen molar-refractivity contribution in [3.8, 4) is 5.75 Å². The first kappa shape index (κ1) is 15.3. The van der Waals surface area contributed by atoms with Crippen LogP contribution in [0.4, 0.5) is 0 Å². The second-order valence-corrected chi connectivity index (χ2v) is 7.32. The Labute approximate surface area is 126 Å². The monoisotopic (exact) mass is 314 g/mol. The number of benzene rings is 1. The molecule has 4 nitrogen and oxygen atoms in total. The van der Waals surface area contributed by atoms with E-state index in [1.807, 2.05) is 32.0 Å². The van der Waals surface area contributed by atoms with E-state index in [0.717, 1.165) is 22.6 Å². The van der Waals surface area contributed by atoms with Crippen LogP contribution in [-0.4, -0.2) is 32.4 Å². The van der Waals surface area contributed by atoms with Gasteiger partial charge in [0.15, 0.2) is 0 Å². The number of halogens is 1. The van der Waals surface area contributed by atoms with Gasteiger partial charge in [-0.3, -0.25) is 4.21 Å². The van der Waals surface area contributed by atoms with Gasteiger partial charge in [-0.15, -0.1) is 11.6 Å². The Hall–Kier alpha value is -1.07. The fraction of sp³-hybridized carbons (Fsp3) is 0.500. The average molecular weight is 315 g/mol. The Morgan fingerprint density at radius 2 is 2.15 bits per heavy atom. The summed E-state index contributed by atoms with van der Waals surface area (Å²) in [6.07, 6.45) is 1.72. The first-order chi connectivity index (χ1) is 9.43. The highest BCUT2D eigenvalue weighted by Gasteiger charge is 2.18. The summed E-state index contributed by atoms with van der Waals surface area (Å²) in [5.74, 6) is 1.57. The fourth-order valence-electron chi connectivity index (χ4n) is 2.11. The number of aromatic nitrogens is 2. The highest BCUT2D eigenvalue weighted by atomic mass is 35.5. The maximum Gasteiger partial charge on any atom is 0.127 e. The first-order valence-corrected chi connectivity index (χ1v) is 8.50. The lowest BCUT2D eigenvalue weighted by Crippen LogP contribution is -2.19. The summed E-state index contributed by atoms with van der Waals surface area (Å²) in [5, 5.41) is -0.158. The molecule has 2 rings (SSSR count). The van der Waals surface area contributed by atoms with Crippen LogP contribution in [0.3, 0.4) is 0 Å². The van der Waals surface area contributed by atoms with Crippen LogP contribution < -0.4 is 4.74 Å². The lowest BCUT2D eigenvalue weighted by atomic mass is 10.3. The van der Waals surface area contributed by atoms with Gasteiger partial charge in [0.25, 0.3) is 0 Å². The number of imidazole rings is 1. The van der Waals surface area contributed by atoms with Gasteiger partial charge in [-0.1, -0.05) is 0 Å². The minimum absolute atomic E-state index is 0.0451. The molecule has 0 radical (unpaired) electrons. The van der Waals surface area contributed by atoms with Gasteiger partial charge in [-0.05, 0) is 26.0 Å². The highest BCUT2D eigenvalue weighted by Crippen LogP contribution is 2.27. The number of methoxy groups -OCH3 is 1. The van der Waals surface area contributed by atoms with Crippen LogP contribution in [0.15, 0.2) is 18.2 Å². The molecule has 1 aromatic heterocycles. The summed E-state index contributed by atoms with van der Waals surface area (Å²) < 4.78 is 18.9. The van der Waals surface area contributed by atoms with Gasteiger partial charge in [0.05, 0.1) is 23.5 Å². The molecule has 0 N–H and O–H groups in total. The van der Waals surface area contributed by atoms with E-state index in [1.165, 1.54) is 0 Å². The minimum Gasteiger partial charge on any atom is -0.497 e. The van der Waals surface area contributed by atoms with E-state index in [4.69, 9.17) is 16.3 Å². The Kier molecular flexibility index (Phi) is 4.70. The molecule has 1 aromatic carbocycles. The Balaban J connectivity index is 2.54. The van der Waals surface area contributed by atoms with Gasteiger partial charge < -0.3 is 9.30 Å². The molecule has 0 fully saturated rings. The van der Waals surface area contributed by atoms with Crippen LogP contribution in [0.2, 0.25) is 0 Å². The number of fused-ring (bicyclic) bond motifs is 1. The van der Waals surface area contributed by atoms with Crippen LogP contribution in [0, 0.1) is 0 Å². The Morgan fingerprint density at radius 3 is 2.70 bits per heavy atom. The Morgan fingerprint density at radius 1 is 1.45 bits per heavy atom. The quantitative estimate of drug-likeness (QED) is 0.797. The summed E-state index contributed by atoms with van der Waals surface area (Å²) in [7, 11) is 0.749. The molecule has 0 saturated carbocycles. The van der Waals surface area contributed by atoms with E-state index in [2.05, 4.69) is 9.55 Å². The molecule has 1 heterocycles. The van der Waals surface area contributed by atoms with Crippen molar-refractivity contribution >= 4 is 33.4 Å². The molecule has 3 atom stereocenters. The van der Waals surface area contributed by atoms with Gasteiger partial charge in [0.2, 0.25) is 0 Å². The molecule has 2 aromatic rings. The normalized spacial score (nSPS) is 16.1. The number of alkyl halides is 1. The summed E-state index contributed by atoms with van der Waals surface area (Å²) in [6.45, 7) is 4.50. The molecule has 0 bridgehead atoms. The zero-order valence-electron chi connectivity index (χ0n) is 12.1. The van der Waals surface area contributed by atoms with Gasteiger partial charge in [0.1, 0.15) is 11.6 Å².